The molecule has 0 aliphatic rings. The van der Waals surface area contributed by atoms with Crippen LogP contribution in [0.15, 0.2) is 30.9 Å². The summed E-state index contributed by atoms with van der Waals surface area (Å²) in [6.45, 7) is 3.83. The maximum Gasteiger partial charge on any atom is 0.432 e. The van der Waals surface area contributed by atoms with Gasteiger partial charge >= 0.3 is 12.1 Å². The van der Waals surface area contributed by atoms with E-state index in [-0.39, 0.29) is 11.6 Å². The zero-order chi connectivity index (χ0) is 19.1. The van der Waals surface area contributed by atoms with Crippen LogP contribution in [0.4, 0.5) is 13.2 Å². The van der Waals surface area contributed by atoms with Gasteiger partial charge in [-0.05, 0) is 19.9 Å². The second-order valence-electron chi connectivity index (χ2n) is 6.04. The van der Waals surface area contributed by atoms with Crippen LogP contribution in [-0.4, -0.2) is 36.5 Å². The molecule has 3 heterocycles. The summed E-state index contributed by atoms with van der Waals surface area (Å²) in [4.78, 5) is 20.0. The lowest BCUT2D eigenvalue weighted by Crippen LogP contribution is -2.28. The summed E-state index contributed by atoms with van der Waals surface area (Å²) in [5.74, 6) is -1.55. The molecule has 0 fully saturated rings. The number of esters is 1. The van der Waals surface area contributed by atoms with Crippen molar-refractivity contribution in [2.45, 2.75) is 32.2 Å². The number of halogens is 3. The van der Waals surface area contributed by atoms with Gasteiger partial charge in [-0.25, -0.2) is 19.4 Å². The van der Waals surface area contributed by atoms with Crippen LogP contribution in [0, 0.1) is 0 Å². The second kappa shape index (κ2) is 6.43. The van der Waals surface area contributed by atoms with Crippen LogP contribution in [-0.2, 0) is 11.8 Å². The van der Waals surface area contributed by atoms with E-state index in [9.17, 15) is 18.0 Å². The number of ether oxygens (including phenoxy) is 1. The lowest BCUT2D eigenvalue weighted by Gasteiger charge is -2.20. The minimum atomic E-state index is -4.80. The first-order valence-corrected chi connectivity index (χ1v) is 7.76. The number of hydrogen-bond acceptors (Lipinski definition) is 5. The number of aromatic nitrogens is 5. The highest BCUT2D eigenvalue weighted by molar-refractivity contribution is 5.93. The lowest BCUT2D eigenvalue weighted by molar-refractivity contribution is -0.210. The van der Waals surface area contributed by atoms with Gasteiger partial charge in [0.05, 0.1) is 11.8 Å². The average molecular weight is 367 g/mol. The van der Waals surface area contributed by atoms with Gasteiger partial charge in [-0.15, -0.1) is 0 Å². The maximum absolute atomic E-state index is 13.3. The summed E-state index contributed by atoms with van der Waals surface area (Å²) in [7, 11) is 1.39. The molecule has 26 heavy (non-hydrogen) atoms. The Morgan fingerprint density at radius 3 is 2.54 bits per heavy atom. The normalized spacial score (nSPS) is 13.3. The zero-order valence-corrected chi connectivity index (χ0v) is 14.2. The van der Waals surface area contributed by atoms with Crippen molar-refractivity contribution in [3.63, 3.8) is 0 Å². The van der Waals surface area contributed by atoms with Gasteiger partial charge in [0, 0.05) is 37.1 Å². The molecule has 0 saturated carbocycles. The van der Waals surface area contributed by atoms with Gasteiger partial charge in [-0.2, -0.15) is 18.3 Å². The predicted molar refractivity (Wildman–Crippen MR) is 85.3 cm³/mol. The van der Waals surface area contributed by atoms with Crippen LogP contribution in [0.25, 0.3) is 11.0 Å². The highest BCUT2D eigenvalue weighted by Crippen LogP contribution is 2.35. The fourth-order valence-electron chi connectivity index (χ4n) is 2.50. The molecule has 3 aromatic rings. The van der Waals surface area contributed by atoms with Crippen molar-refractivity contribution in [2.75, 3.05) is 0 Å². The number of nitrogens with zero attached hydrogens (tertiary/aromatic N) is 5. The third kappa shape index (κ3) is 3.26. The minimum Gasteiger partial charge on any atom is -0.441 e. The van der Waals surface area contributed by atoms with Gasteiger partial charge in [0.25, 0.3) is 6.10 Å². The average Bonchev–Trinajstić information content (AvgIpc) is 3.16. The summed E-state index contributed by atoms with van der Waals surface area (Å²) in [6, 6.07) is 1.46. The van der Waals surface area contributed by atoms with Crippen molar-refractivity contribution in [3.8, 4) is 0 Å². The first-order chi connectivity index (χ1) is 12.2. The van der Waals surface area contributed by atoms with Gasteiger partial charge in [-0.3, -0.25) is 0 Å². The number of alkyl halides is 3. The van der Waals surface area contributed by atoms with Crippen LogP contribution < -0.4 is 0 Å². The van der Waals surface area contributed by atoms with Crippen LogP contribution in [0.5, 0.6) is 0 Å². The Labute approximate surface area is 146 Å². The zero-order valence-electron chi connectivity index (χ0n) is 14.2. The fraction of sp³-hybridized carbons (Fsp3) is 0.375. The molecule has 0 aromatic carbocycles. The van der Waals surface area contributed by atoms with Crippen LogP contribution in [0.2, 0.25) is 0 Å². The van der Waals surface area contributed by atoms with Gasteiger partial charge in [0.15, 0.2) is 11.5 Å². The van der Waals surface area contributed by atoms with E-state index in [4.69, 9.17) is 4.74 Å². The Kier molecular flexibility index (Phi) is 4.43. The van der Waals surface area contributed by atoms with Gasteiger partial charge < -0.3 is 9.30 Å². The molecule has 0 radical (unpaired) electrons. The number of carbonyl (C=O) groups is 1. The molecule has 0 N–H and O–H groups in total. The number of pyridine rings is 1. The highest BCUT2D eigenvalue weighted by Gasteiger charge is 2.46. The first-order valence-electron chi connectivity index (χ1n) is 7.76. The smallest absolute Gasteiger partial charge is 0.432 e. The maximum atomic E-state index is 13.3. The molecule has 3 rings (SSSR count). The summed E-state index contributed by atoms with van der Waals surface area (Å²) in [5.41, 5.74) is 0.442. The summed E-state index contributed by atoms with van der Waals surface area (Å²) < 4.78 is 47.5. The number of carbonyl (C=O) groups excluding carboxylic acids is 1. The molecule has 0 amide bonds. The van der Waals surface area contributed by atoms with E-state index in [2.05, 4.69) is 15.1 Å². The van der Waals surface area contributed by atoms with Crippen molar-refractivity contribution >= 4 is 17.0 Å². The number of aryl methyl sites for hydroxylation is 1. The van der Waals surface area contributed by atoms with E-state index in [1.807, 2.05) is 13.8 Å². The van der Waals surface area contributed by atoms with E-state index in [0.29, 0.717) is 11.0 Å². The fourth-order valence-corrected chi connectivity index (χ4v) is 2.50. The molecule has 0 aliphatic carbocycles. The predicted octanol–water partition coefficient (Wildman–Crippen LogP) is 3.21. The molecule has 0 bridgehead atoms. The monoisotopic (exact) mass is 367 g/mol. The Morgan fingerprint density at radius 1 is 1.23 bits per heavy atom. The Morgan fingerprint density at radius 2 is 1.96 bits per heavy atom. The number of rotatable bonds is 4. The quantitative estimate of drug-likeness (QED) is 0.662. The molecule has 0 unspecified atom stereocenters. The van der Waals surface area contributed by atoms with Crippen molar-refractivity contribution < 1.29 is 22.7 Å². The number of fused-ring (bicyclic) bond motifs is 1. The Hall–Kier alpha value is -2.91. The van der Waals surface area contributed by atoms with Gasteiger partial charge in [-0.1, -0.05) is 0 Å². The molecule has 0 saturated heterocycles. The molecule has 138 valence electrons. The standard InChI is InChI=1S/C16H16F3N5O2/c1-9(2)24-13-10(8-22-24)6-11(7-21-13)15(25)26-12(16(17,18)19)14-20-4-5-23(14)3/h4-9,12H,1-3H3/t12-/m0/s1. The molecule has 0 aliphatic heterocycles. The van der Waals surface area contributed by atoms with Crippen LogP contribution in [0.3, 0.4) is 0 Å². The minimum absolute atomic E-state index is 0.0517. The van der Waals surface area contributed by atoms with E-state index in [1.165, 1.54) is 37.9 Å². The topological polar surface area (TPSA) is 74.8 Å². The Bertz CT molecular complexity index is 945. The molecule has 1 atom stereocenters. The van der Waals surface area contributed by atoms with Gasteiger partial charge in [0.1, 0.15) is 0 Å². The largest absolute Gasteiger partial charge is 0.441 e. The van der Waals surface area contributed by atoms with Crippen molar-refractivity contribution in [1.29, 1.82) is 0 Å². The summed E-state index contributed by atoms with van der Waals surface area (Å²) in [6.07, 6.45) is -2.04. The first kappa shape index (κ1) is 17.9. The third-order valence-electron chi connectivity index (χ3n) is 3.77. The van der Waals surface area contributed by atoms with E-state index >= 15 is 0 Å². The van der Waals surface area contributed by atoms with Crippen LogP contribution in [0.1, 0.15) is 42.2 Å². The summed E-state index contributed by atoms with van der Waals surface area (Å²) in [5, 5.41) is 4.69. The number of hydrogen-bond donors (Lipinski definition) is 0. The summed E-state index contributed by atoms with van der Waals surface area (Å²) >= 11 is 0. The molecule has 0 spiro atoms. The highest BCUT2D eigenvalue weighted by atomic mass is 19.4. The van der Waals surface area contributed by atoms with E-state index in [1.54, 1.807) is 4.68 Å². The molecule has 10 heteroatoms. The van der Waals surface area contributed by atoms with Crippen molar-refractivity contribution in [1.82, 2.24) is 24.3 Å². The molecular formula is C16H16F3N5O2. The second-order valence-corrected chi connectivity index (χ2v) is 6.04. The molecular weight excluding hydrogens is 351 g/mol. The lowest BCUT2D eigenvalue weighted by atomic mass is 10.2. The van der Waals surface area contributed by atoms with Gasteiger partial charge in [0.2, 0.25) is 0 Å². The van der Waals surface area contributed by atoms with Crippen molar-refractivity contribution in [2.24, 2.45) is 7.05 Å². The SMILES string of the molecule is CC(C)n1ncc2cc(C(=O)O[C@@H](c3nccn3C)C(F)(F)F)cnc21. The third-order valence-corrected chi connectivity index (χ3v) is 3.77. The van der Waals surface area contributed by atoms with E-state index < -0.39 is 24.1 Å². The molecule has 3 aromatic heterocycles. The van der Waals surface area contributed by atoms with Crippen LogP contribution >= 0.6 is 0 Å². The Balaban J connectivity index is 1.90. The number of imidazole rings is 1. The van der Waals surface area contributed by atoms with E-state index in [0.717, 1.165) is 4.57 Å². The molecule has 7 nitrogen and oxygen atoms in total. The van der Waals surface area contributed by atoms with Crippen molar-refractivity contribution in [3.05, 3.63) is 42.2 Å².